The van der Waals surface area contributed by atoms with E-state index in [-0.39, 0.29) is 29.8 Å². The maximum Gasteiger partial charge on any atom is 0.407 e. The molecule has 2 N–H and O–H groups in total. The van der Waals surface area contributed by atoms with E-state index in [0.717, 1.165) is 0 Å². The second kappa shape index (κ2) is 9.73. The molecule has 0 bridgehead atoms. The number of rotatable bonds is 7. The molecule has 8 heteroatoms. The van der Waals surface area contributed by atoms with Gasteiger partial charge in [-0.25, -0.2) is 9.89 Å². The van der Waals surface area contributed by atoms with Gasteiger partial charge in [0.1, 0.15) is 5.60 Å². The molecule has 1 aromatic heterocycles. The minimum atomic E-state index is -0.565. The van der Waals surface area contributed by atoms with Gasteiger partial charge in [-0.3, -0.25) is 9.59 Å². The second-order valence-electron chi connectivity index (χ2n) is 8.82. The summed E-state index contributed by atoms with van der Waals surface area (Å²) in [7, 11) is 1.72. The Labute approximate surface area is 177 Å². The van der Waals surface area contributed by atoms with Crippen LogP contribution < -0.4 is 10.9 Å². The molecule has 1 aromatic carbocycles. The molecule has 0 aliphatic rings. The Hall–Kier alpha value is -2.90. The molecule has 0 saturated heterocycles. The zero-order chi connectivity index (χ0) is 22.5. The number of carbonyl (C=O) groups excluding carboxylic acids is 2. The number of nitrogens with zero attached hydrogens (tertiary/aromatic N) is 2. The van der Waals surface area contributed by atoms with Crippen LogP contribution in [0.15, 0.2) is 29.1 Å². The van der Waals surface area contributed by atoms with E-state index in [0.29, 0.717) is 29.4 Å². The van der Waals surface area contributed by atoms with E-state index in [4.69, 9.17) is 4.74 Å². The summed E-state index contributed by atoms with van der Waals surface area (Å²) >= 11 is 0. The number of alkyl carbamates (subject to hydrolysis) is 1. The monoisotopic (exact) mass is 416 g/mol. The third-order valence-corrected chi connectivity index (χ3v) is 4.80. The summed E-state index contributed by atoms with van der Waals surface area (Å²) in [6.07, 6.45) is 0.220. The van der Waals surface area contributed by atoms with Crippen molar-refractivity contribution in [1.29, 1.82) is 0 Å². The van der Waals surface area contributed by atoms with Gasteiger partial charge >= 0.3 is 6.09 Å². The number of benzene rings is 1. The molecule has 2 aromatic rings. The Kier molecular flexibility index (Phi) is 7.59. The Morgan fingerprint density at radius 1 is 1.20 bits per heavy atom. The van der Waals surface area contributed by atoms with Crippen molar-refractivity contribution in [3.05, 3.63) is 40.3 Å². The molecule has 1 unspecified atom stereocenters. The van der Waals surface area contributed by atoms with Crippen molar-refractivity contribution in [2.45, 2.75) is 59.1 Å². The number of H-pyrrole nitrogens is 1. The molecular formula is C22H32N4O4. The molecule has 1 heterocycles. The highest BCUT2D eigenvalue weighted by Crippen LogP contribution is 2.14. The summed E-state index contributed by atoms with van der Waals surface area (Å²) in [6, 6.07) is 6.97. The van der Waals surface area contributed by atoms with E-state index in [9.17, 15) is 14.4 Å². The average molecular weight is 417 g/mol. The fraction of sp³-hybridized carbons (Fsp3) is 0.545. The maximum atomic E-state index is 12.7. The van der Waals surface area contributed by atoms with Crippen molar-refractivity contribution in [3.63, 3.8) is 0 Å². The maximum absolute atomic E-state index is 12.7. The van der Waals surface area contributed by atoms with Gasteiger partial charge in [-0.05, 0) is 39.2 Å². The summed E-state index contributed by atoms with van der Waals surface area (Å²) in [5.41, 5.74) is -0.303. The van der Waals surface area contributed by atoms with E-state index in [1.54, 1.807) is 30.1 Å². The number of ether oxygens (including phenoxy) is 1. The summed E-state index contributed by atoms with van der Waals surface area (Å²) in [5.74, 6) is 0.0744. The van der Waals surface area contributed by atoms with Crippen LogP contribution in [0.4, 0.5) is 4.79 Å². The van der Waals surface area contributed by atoms with Crippen LogP contribution in [0.2, 0.25) is 0 Å². The smallest absolute Gasteiger partial charge is 0.407 e. The molecule has 2 amide bonds. The van der Waals surface area contributed by atoms with E-state index in [1.165, 1.54) is 0 Å². The fourth-order valence-electron chi connectivity index (χ4n) is 3.07. The number of carbonyl (C=O) groups is 2. The van der Waals surface area contributed by atoms with Crippen LogP contribution in [0.3, 0.4) is 0 Å². The van der Waals surface area contributed by atoms with Crippen LogP contribution in [-0.4, -0.2) is 52.3 Å². The van der Waals surface area contributed by atoms with E-state index in [2.05, 4.69) is 15.5 Å². The molecule has 8 nitrogen and oxygen atoms in total. The van der Waals surface area contributed by atoms with Gasteiger partial charge in [-0.1, -0.05) is 32.0 Å². The minimum Gasteiger partial charge on any atom is -0.444 e. The largest absolute Gasteiger partial charge is 0.444 e. The average Bonchev–Trinajstić information content (AvgIpc) is 2.65. The fourth-order valence-corrected chi connectivity index (χ4v) is 3.07. The molecule has 30 heavy (non-hydrogen) atoms. The highest BCUT2D eigenvalue weighted by Gasteiger charge is 2.22. The Morgan fingerprint density at radius 2 is 1.83 bits per heavy atom. The van der Waals surface area contributed by atoms with Crippen LogP contribution >= 0.6 is 0 Å². The van der Waals surface area contributed by atoms with Crippen molar-refractivity contribution in [2.75, 3.05) is 13.6 Å². The van der Waals surface area contributed by atoms with Gasteiger partial charge in [-0.2, -0.15) is 5.10 Å². The number of nitrogens with one attached hydrogen (secondary N) is 2. The van der Waals surface area contributed by atoms with Gasteiger partial charge in [0, 0.05) is 25.0 Å². The van der Waals surface area contributed by atoms with Crippen molar-refractivity contribution in [3.8, 4) is 0 Å². The molecule has 0 fully saturated rings. The van der Waals surface area contributed by atoms with Gasteiger partial charge in [0.15, 0.2) is 0 Å². The highest BCUT2D eigenvalue weighted by atomic mass is 16.6. The normalized spacial score (nSPS) is 12.6. The SMILES string of the molecule is CC(C)C(CCN(C)C(=O)Cc1n[nH]c(=O)c2ccccc12)NC(=O)OC(C)(C)C. The molecule has 2 rings (SSSR count). The summed E-state index contributed by atoms with van der Waals surface area (Å²) in [6.45, 7) is 9.95. The lowest BCUT2D eigenvalue weighted by molar-refractivity contribution is -0.129. The molecule has 0 radical (unpaired) electrons. The Balaban J connectivity index is 1.99. The standard InChI is InChI=1S/C22H32N4O4/c1-14(2)17(23-21(29)30-22(3,4)5)11-12-26(6)19(27)13-18-15-9-7-8-10-16(15)20(28)25-24-18/h7-10,14,17H,11-13H2,1-6H3,(H,23,29)(H,25,28). The lowest BCUT2D eigenvalue weighted by Gasteiger charge is -2.27. The first-order valence-electron chi connectivity index (χ1n) is 10.2. The summed E-state index contributed by atoms with van der Waals surface area (Å²) in [4.78, 5) is 38.3. The molecular weight excluding hydrogens is 384 g/mol. The highest BCUT2D eigenvalue weighted by molar-refractivity contribution is 5.88. The van der Waals surface area contributed by atoms with Crippen LogP contribution in [0.1, 0.15) is 46.7 Å². The number of amides is 2. The first kappa shape index (κ1) is 23.4. The van der Waals surface area contributed by atoms with E-state index < -0.39 is 11.7 Å². The predicted molar refractivity (Wildman–Crippen MR) is 116 cm³/mol. The zero-order valence-electron chi connectivity index (χ0n) is 18.6. The van der Waals surface area contributed by atoms with Gasteiger partial charge in [0.2, 0.25) is 5.91 Å². The minimum absolute atomic E-state index is 0.0830. The van der Waals surface area contributed by atoms with Gasteiger partial charge in [0.25, 0.3) is 5.56 Å². The van der Waals surface area contributed by atoms with Crippen LogP contribution in [-0.2, 0) is 16.0 Å². The van der Waals surface area contributed by atoms with Crippen LogP contribution in [0.5, 0.6) is 0 Å². The molecule has 0 aliphatic carbocycles. The molecule has 0 saturated carbocycles. The first-order chi connectivity index (χ1) is 14.0. The third-order valence-electron chi connectivity index (χ3n) is 4.80. The number of hydrogen-bond acceptors (Lipinski definition) is 5. The Bertz CT molecular complexity index is 946. The number of aromatic nitrogens is 2. The van der Waals surface area contributed by atoms with Gasteiger partial charge < -0.3 is 15.0 Å². The van der Waals surface area contributed by atoms with E-state index in [1.807, 2.05) is 40.7 Å². The first-order valence-corrected chi connectivity index (χ1v) is 10.2. The number of likely N-dealkylation sites (N-methyl/N-ethyl adjacent to an activating group) is 1. The van der Waals surface area contributed by atoms with Crippen molar-refractivity contribution in [1.82, 2.24) is 20.4 Å². The van der Waals surface area contributed by atoms with Crippen LogP contribution in [0, 0.1) is 5.92 Å². The van der Waals surface area contributed by atoms with Gasteiger partial charge in [0.05, 0.1) is 17.5 Å². The number of aromatic amines is 1. The van der Waals surface area contributed by atoms with Crippen molar-refractivity contribution in [2.24, 2.45) is 5.92 Å². The predicted octanol–water partition coefficient (Wildman–Crippen LogP) is 2.86. The van der Waals surface area contributed by atoms with Gasteiger partial charge in [-0.15, -0.1) is 0 Å². The summed E-state index contributed by atoms with van der Waals surface area (Å²) in [5, 5.41) is 10.6. The quantitative estimate of drug-likeness (QED) is 0.722. The van der Waals surface area contributed by atoms with Crippen molar-refractivity contribution < 1.29 is 14.3 Å². The second-order valence-corrected chi connectivity index (χ2v) is 8.82. The lowest BCUT2D eigenvalue weighted by Crippen LogP contribution is -2.43. The molecule has 0 spiro atoms. The molecule has 1 atom stereocenters. The topological polar surface area (TPSA) is 104 Å². The summed E-state index contributed by atoms with van der Waals surface area (Å²) < 4.78 is 5.33. The lowest BCUT2D eigenvalue weighted by atomic mass is 10.0. The number of hydrogen-bond donors (Lipinski definition) is 2. The molecule has 164 valence electrons. The van der Waals surface area contributed by atoms with Crippen molar-refractivity contribution >= 4 is 22.8 Å². The number of fused-ring (bicyclic) bond motifs is 1. The van der Waals surface area contributed by atoms with E-state index >= 15 is 0 Å². The molecule has 0 aliphatic heterocycles. The Morgan fingerprint density at radius 3 is 2.43 bits per heavy atom. The third kappa shape index (κ3) is 6.57. The zero-order valence-corrected chi connectivity index (χ0v) is 18.6. The van der Waals surface area contributed by atoms with Crippen LogP contribution in [0.25, 0.3) is 10.8 Å².